The van der Waals surface area contributed by atoms with E-state index in [0.717, 1.165) is 10.9 Å². The van der Waals surface area contributed by atoms with Crippen LogP contribution in [-0.4, -0.2) is 16.1 Å². The van der Waals surface area contributed by atoms with Crippen molar-refractivity contribution in [3.63, 3.8) is 0 Å². The Bertz CT molecular complexity index is 641. The lowest BCUT2D eigenvalue weighted by molar-refractivity contribution is -0.155. The molecule has 0 saturated carbocycles. The summed E-state index contributed by atoms with van der Waals surface area (Å²) in [6, 6.07) is 5.48. The molecule has 0 radical (unpaired) electrons. The molecule has 0 aliphatic carbocycles. The first-order chi connectivity index (χ1) is 9.26. The van der Waals surface area contributed by atoms with Gasteiger partial charge in [0.2, 0.25) is 0 Å². The topological polar surface area (TPSA) is 31.2 Å². The van der Waals surface area contributed by atoms with E-state index in [9.17, 15) is 4.79 Å². The van der Waals surface area contributed by atoms with Crippen LogP contribution in [0.4, 0.5) is 0 Å². The van der Waals surface area contributed by atoms with E-state index in [-0.39, 0.29) is 5.97 Å². The van der Waals surface area contributed by atoms with Gasteiger partial charge in [-0.1, -0.05) is 23.2 Å². The zero-order chi connectivity index (χ0) is 14.9. The molecule has 0 N–H and O–H groups in total. The largest absolute Gasteiger partial charge is 0.460 e. The van der Waals surface area contributed by atoms with Gasteiger partial charge >= 0.3 is 5.97 Å². The van der Waals surface area contributed by atoms with Crippen LogP contribution >= 0.6 is 23.2 Å². The van der Waals surface area contributed by atoms with E-state index in [1.54, 1.807) is 6.07 Å². The molecule has 5 heteroatoms. The third-order valence-electron chi connectivity index (χ3n) is 2.78. The lowest BCUT2D eigenvalue weighted by Crippen LogP contribution is -2.24. The van der Waals surface area contributed by atoms with Gasteiger partial charge in [-0.3, -0.25) is 4.79 Å². The van der Waals surface area contributed by atoms with Gasteiger partial charge in [0.25, 0.3) is 0 Å². The molecule has 0 amide bonds. The Kier molecular flexibility index (Phi) is 4.31. The van der Waals surface area contributed by atoms with Crippen molar-refractivity contribution in [1.82, 2.24) is 4.57 Å². The summed E-state index contributed by atoms with van der Waals surface area (Å²) in [5.74, 6) is -0.215. The monoisotopic (exact) mass is 313 g/mol. The highest BCUT2D eigenvalue weighted by molar-refractivity contribution is 6.38. The highest BCUT2D eigenvalue weighted by Gasteiger charge is 2.16. The SMILES string of the molecule is CC(C)(C)OC(=O)CCn1ccc2c(Cl)cc(Cl)cc21. The second-order valence-corrected chi connectivity index (χ2v) is 6.51. The zero-order valence-corrected chi connectivity index (χ0v) is 13.3. The van der Waals surface area contributed by atoms with Crippen molar-refractivity contribution in [3.8, 4) is 0 Å². The number of aryl methyl sites for hydroxylation is 1. The summed E-state index contributed by atoms with van der Waals surface area (Å²) in [5.41, 5.74) is 0.466. The van der Waals surface area contributed by atoms with Crippen LogP contribution in [0, 0.1) is 0 Å². The van der Waals surface area contributed by atoms with Gasteiger partial charge in [-0.15, -0.1) is 0 Å². The summed E-state index contributed by atoms with van der Waals surface area (Å²) in [6.45, 7) is 6.11. The molecular formula is C15H17Cl2NO2. The van der Waals surface area contributed by atoms with Gasteiger partial charge < -0.3 is 9.30 Å². The van der Waals surface area contributed by atoms with Crippen molar-refractivity contribution in [3.05, 3.63) is 34.4 Å². The van der Waals surface area contributed by atoms with Crippen LogP contribution in [0.25, 0.3) is 10.9 Å². The number of aromatic nitrogens is 1. The highest BCUT2D eigenvalue weighted by atomic mass is 35.5. The maximum Gasteiger partial charge on any atom is 0.308 e. The van der Waals surface area contributed by atoms with Crippen LogP contribution in [0.5, 0.6) is 0 Å². The third kappa shape index (κ3) is 3.68. The van der Waals surface area contributed by atoms with Gasteiger partial charge in [-0.05, 0) is 39.0 Å². The van der Waals surface area contributed by atoms with Crippen molar-refractivity contribution in [1.29, 1.82) is 0 Å². The van der Waals surface area contributed by atoms with Gasteiger partial charge in [0.1, 0.15) is 5.60 Å². The Morgan fingerprint density at radius 2 is 2.00 bits per heavy atom. The number of ether oxygens (including phenoxy) is 1. The van der Waals surface area contributed by atoms with Crippen molar-refractivity contribution < 1.29 is 9.53 Å². The molecule has 0 unspecified atom stereocenters. The maximum absolute atomic E-state index is 11.7. The summed E-state index contributed by atoms with van der Waals surface area (Å²) < 4.78 is 7.25. The van der Waals surface area contributed by atoms with Crippen LogP contribution in [0.2, 0.25) is 10.0 Å². The molecule has 20 heavy (non-hydrogen) atoms. The molecule has 0 fully saturated rings. The normalized spacial score (nSPS) is 11.8. The number of halogens is 2. The Labute approximate surface area is 128 Å². The first kappa shape index (κ1) is 15.2. The lowest BCUT2D eigenvalue weighted by Gasteiger charge is -2.19. The number of benzene rings is 1. The van der Waals surface area contributed by atoms with Gasteiger partial charge in [-0.2, -0.15) is 0 Å². The number of carbonyl (C=O) groups is 1. The first-order valence-corrected chi connectivity index (χ1v) is 7.17. The number of hydrogen-bond acceptors (Lipinski definition) is 2. The molecule has 0 aliphatic rings. The van der Waals surface area contributed by atoms with E-state index < -0.39 is 5.60 Å². The van der Waals surface area contributed by atoms with Crippen molar-refractivity contribution in [2.75, 3.05) is 0 Å². The standard InChI is InChI=1S/C15H17Cl2NO2/c1-15(2,3)20-14(19)5-7-18-6-4-11-12(17)8-10(16)9-13(11)18/h4,6,8-9H,5,7H2,1-3H3. The molecule has 0 bridgehead atoms. The average Bonchev–Trinajstić information content (AvgIpc) is 2.67. The molecule has 3 nitrogen and oxygen atoms in total. The fourth-order valence-corrected chi connectivity index (χ4v) is 2.56. The second-order valence-electron chi connectivity index (χ2n) is 5.67. The molecule has 0 spiro atoms. The van der Waals surface area contributed by atoms with E-state index in [0.29, 0.717) is 23.0 Å². The van der Waals surface area contributed by atoms with Crippen molar-refractivity contribution >= 4 is 40.1 Å². The molecule has 0 aliphatic heterocycles. The molecular weight excluding hydrogens is 297 g/mol. The van der Waals surface area contributed by atoms with Crippen LogP contribution in [-0.2, 0) is 16.1 Å². The van der Waals surface area contributed by atoms with E-state index >= 15 is 0 Å². The molecule has 1 aromatic heterocycles. The predicted octanol–water partition coefficient (Wildman–Crippen LogP) is 4.68. The quantitative estimate of drug-likeness (QED) is 0.770. The van der Waals surface area contributed by atoms with E-state index in [1.165, 1.54) is 0 Å². The van der Waals surface area contributed by atoms with E-state index in [4.69, 9.17) is 27.9 Å². The van der Waals surface area contributed by atoms with Gasteiger partial charge in [-0.25, -0.2) is 0 Å². The number of hydrogen-bond donors (Lipinski definition) is 0. The van der Waals surface area contributed by atoms with Crippen LogP contribution in [0.3, 0.4) is 0 Å². The first-order valence-electron chi connectivity index (χ1n) is 6.42. The van der Waals surface area contributed by atoms with Crippen molar-refractivity contribution in [2.24, 2.45) is 0 Å². The average molecular weight is 314 g/mol. The number of carbonyl (C=O) groups excluding carboxylic acids is 1. The second kappa shape index (κ2) is 5.66. The number of fused-ring (bicyclic) bond motifs is 1. The molecule has 1 heterocycles. The van der Waals surface area contributed by atoms with Crippen LogP contribution in [0.1, 0.15) is 27.2 Å². The Balaban J connectivity index is 2.13. The minimum atomic E-state index is -0.456. The summed E-state index contributed by atoms with van der Waals surface area (Å²) >= 11 is 12.1. The fourth-order valence-electron chi connectivity index (χ4n) is 2.02. The molecule has 0 atom stereocenters. The van der Waals surface area contributed by atoms with Crippen molar-refractivity contribution in [2.45, 2.75) is 39.3 Å². The number of rotatable bonds is 3. The number of nitrogens with zero attached hydrogens (tertiary/aromatic N) is 1. The lowest BCUT2D eigenvalue weighted by atomic mass is 10.2. The Hall–Kier alpha value is -1.19. The van der Waals surface area contributed by atoms with Crippen LogP contribution in [0.15, 0.2) is 24.4 Å². The molecule has 0 saturated heterocycles. The Morgan fingerprint density at radius 3 is 2.65 bits per heavy atom. The zero-order valence-electron chi connectivity index (χ0n) is 11.7. The molecule has 108 valence electrons. The predicted molar refractivity (Wildman–Crippen MR) is 82.4 cm³/mol. The third-order valence-corrected chi connectivity index (χ3v) is 3.31. The minimum absolute atomic E-state index is 0.215. The summed E-state index contributed by atoms with van der Waals surface area (Å²) in [6.07, 6.45) is 2.21. The minimum Gasteiger partial charge on any atom is -0.460 e. The smallest absolute Gasteiger partial charge is 0.308 e. The van der Waals surface area contributed by atoms with Gasteiger partial charge in [0, 0.05) is 23.2 Å². The van der Waals surface area contributed by atoms with E-state index in [1.807, 2.05) is 43.7 Å². The molecule has 2 aromatic rings. The number of esters is 1. The summed E-state index contributed by atoms with van der Waals surface area (Å²) in [5, 5.41) is 2.13. The fraction of sp³-hybridized carbons (Fsp3) is 0.400. The van der Waals surface area contributed by atoms with Crippen LogP contribution < -0.4 is 0 Å². The Morgan fingerprint density at radius 1 is 1.30 bits per heavy atom. The molecule has 1 aromatic carbocycles. The summed E-state index contributed by atoms with van der Waals surface area (Å²) in [7, 11) is 0. The molecule has 2 rings (SSSR count). The van der Waals surface area contributed by atoms with E-state index in [2.05, 4.69) is 0 Å². The summed E-state index contributed by atoms with van der Waals surface area (Å²) in [4.78, 5) is 11.7. The van der Waals surface area contributed by atoms with Gasteiger partial charge in [0.05, 0.1) is 17.0 Å². The highest BCUT2D eigenvalue weighted by Crippen LogP contribution is 2.28. The van der Waals surface area contributed by atoms with Gasteiger partial charge in [0.15, 0.2) is 0 Å². The maximum atomic E-state index is 11.7.